The first-order valence-corrected chi connectivity index (χ1v) is 42.6. The second-order valence-corrected chi connectivity index (χ2v) is 44.6. The van der Waals surface area contributed by atoms with Crippen LogP contribution in [0.15, 0.2) is 120 Å². The van der Waals surface area contributed by atoms with Gasteiger partial charge in [0, 0.05) is 62.9 Å². The first-order chi connectivity index (χ1) is 40.9. The van der Waals surface area contributed by atoms with Gasteiger partial charge in [-0.1, -0.05) is 155 Å². The molecule has 26 heteroatoms. The fraction of sp³-hybridized carbons (Fsp3) is 0.373. The first kappa shape index (κ1) is 74.5. The van der Waals surface area contributed by atoms with Crippen LogP contribution in [0.1, 0.15) is 135 Å². The molecular weight excluding hydrogens is 1920 g/mol. The zero-order chi connectivity index (χ0) is 62.0. The summed E-state index contributed by atoms with van der Waals surface area (Å²) >= 11 is 29.2. The molecule has 3 aromatic heterocycles. The van der Waals surface area contributed by atoms with E-state index in [0.717, 1.165) is 120 Å². The van der Waals surface area contributed by atoms with Crippen molar-refractivity contribution in [3.8, 4) is 0 Å². The van der Waals surface area contributed by atoms with Gasteiger partial charge in [-0.2, -0.15) is 15.3 Å². The number of aliphatic hydroxyl groups excluding tert-OH is 1. The Labute approximate surface area is 596 Å². The van der Waals surface area contributed by atoms with Crippen LogP contribution in [0.2, 0.25) is 10.0 Å². The maximum atomic E-state index is 13.4. The summed E-state index contributed by atoms with van der Waals surface area (Å²) in [7, 11) is 2.01. The number of aromatic nitrogens is 6. The summed E-state index contributed by atoms with van der Waals surface area (Å²) in [5.41, 5.74) is 5.18. The molecule has 0 amide bonds. The van der Waals surface area contributed by atoms with Gasteiger partial charge in [-0.3, -0.25) is 4.79 Å². The monoisotopic (exact) mass is 1980 g/mol. The molecule has 5 aromatic carbocycles. The number of halogens is 11. The van der Waals surface area contributed by atoms with Crippen molar-refractivity contribution in [2.24, 2.45) is 0 Å². The summed E-state index contributed by atoms with van der Waals surface area (Å²) < 4.78 is 56.7. The van der Waals surface area contributed by atoms with Crippen molar-refractivity contribution in [2.75, 3.05) is 31.4 Å². The Balaban J connectivity index is 0.000000204. The van der Waals surface area contributed by atoms with Crippen LogP contribution < -0.4 is 5.11 Å². The fourth-order valence-corrected chi connectivity index (χ4v) is 10.1. The SMILES string of the molecule is Brc1ccc2c(cnn2C2CCCCO2)c1.CCC(C(=O)c1ccc2c(cnn2C2CCCCO2)c1)c1ccc(F)cc1Cl.CCI.COC(=O)c1ccc2c(cnn2C2CCCCO2)c1.IC(I)I.[I][V][I].[O-]C(O)=Cc1ccc(F)cc1Cl. The van der Waals surface area contributed by atoms with Crippen LogP contribution in [0.25, 0.3) is 38.8 Å². The molecule has 1 N–H and O–H groups in total. The first-order valence-electron chi connectivity index (χ1n) is 26.8. The Kier molecular flexibility index (Phi) is 35.0. The molecular formula is C59H62BrCl2F2I6N6O8V-. The van der Waals surface area contributed by atoms with E-state index in [-0.39, 0.29) is 40.5 Å². The van der Waals surface area contributed by atoms with Gasteiger partial charge in [0.05, 0.1) is 52.8 Å². The quantitative estimate of drug-likeness (QED) is 0.0480. The molecule has 4 atom stereocenters. The van der Waals surface area contributed by atoms with Gasteiger partial charge in [-0.15, -0.1) is 0 Å². The summed E-state index contributed by atoms with van der Waals surface area (Å²) in [4.78, 5) is 24.7. The number of nitrogens with zero attached hydrogens (tertiary/aromatic N) is 6. The van der Waals surface area contributed by atoms with E-state index < -0.39 is 23.5 Å². The minimum absolute atomic E-state index is 0.00947. The molecule has 11 rings (SSSR count). The van der Waals surface area contributed by atoms with Crippen molar-refractivity contribution >= 4 is 220 Å². The van der Waals surface area contributed by atoms with E-state index in [2.05, 4.69) is 181 Å². The average Bonchev–Trinajstić information content (AvgIpc) is 4.29. The van der Waals surface area contributed by atoms with Crippen LogP contribution in [-0.2, 0) is 28.4 Å². The number of ether oxygens (including phenoxy) is 4. The molecule has 8 aromatic rings. The number of carbonyl (C=O) groups is 2. The predicted molar refractivity (Wildman–Crippen MR) is 384 cm³/mol. The van der Waals surface area contributed by atoms with E-state index in [1.54, 1.807) is 30.6 Å². The summed E-state index contributed by atoms with van der Waals surface area (Å²) in [6.07, 6.45) is 16.9. The Morgan fingerprint density at radius 1 is 0.706 bits per heavy atom. The molecule has 3 aliphatic heterocycles. The van der Waals surface area contributed by atoms with Crippen LogP contribution >= 0.6 is 169 Å². The van der Waals surface area contributed by atoms with Gasteiger partial charge in [0.2, 0.25) is 0 Å². The van der Waals surface area contributed by atoms with Crippen molar-refractivity contribution in [1.82, 2.24) is 29.3 Å². The van der Waals surface area contributed by atoms with Crippen LogP contribution in [0.5, 0.6) is 0 Å². The summed E-state index contributed by atoms with van der Waals surface area (Å²) in [5.74, 6) is -2.77. The van der Waals surface area contributed by atoms with Crippen LogP contribution in [-0.4, -0.2) is 77.5 Å². The topological polar surface area (TPSA) is 168 Å². The summed E-state index contributed by atoms with van der Waals surface area (Å²) in [6, 6.07) is 25.0. The fourth-order valence-electron chi connectivity index (χ4n) is 9.25. The normalized spacial score (nSPS) is 16.9. The number of ketones is 1. The molecule has 0 bridgehead atoms. The van der Waals surface area contributed by atoms with Crippen molar-refractivity contribution in [1.29, 1.82) is 0 Å². The third kappa shape index (κ3) is 23.7. The maximum absolute atomic E-state index is 13.4. The number of rotatable bonds is 9. The number of benzene rings is 5. The predicted octanol–water partition coefficient (Wildman–Crippen LogP) is 19.4. The molecule has 3 aliphatic rings. The summed E-state index contributed by atoms with van der Waals surface area (Å²) in [6.45, 7) is 6.42. The Morgan fingerprint density at radius 3 is 1.52 bits per heavy atom. The van der Waals surface area contributed by atoms with Crippen molar-refractivity contribution in [2.45, 2.75) is 103 Å². The van der Waals surface area contributed by atoms with E-state index in [1.165, 1.54) is 42.6 Å². The molecule has 0 radical (unpaired) electrons. The van der Waals surface area contributed by atoms with Gasteiger partial charge in [-0.05, 0) is 165 Å². The van der Waals surface area contributed by atoms with Crippen LogP contribution in [0, 0.1) is 11.6 Å². The Hall–Kier alpha value is -1.25. The van der Waals surface area contributed by atoms with Gasteiger partial charge in [0.25, 0.3) is 0 Å². The number of alkyl halides is 4. The largest absolute Gasteiger partial charge is 0.629 e. The van der Waals surface area contributed by atoms with Gasteiger partial charge in [0.15, 0.2) is 24.5 Å². The van der Waals surface area contributed by atoms with Gasteiger partial charge < -0.3 is 29.2 Å². The number of carbonyl (C=O) groups excluding carboxylic acids is 2. The van der Waals surface area contributed by atoms with Crippen molar-refractivity contribution < 1.29 is 57.0 Å². The molecule has 85 heavy (non-hydrogen) atoms. The number of aliphatic hydroxyl groups is 1. The van der Waals surface area contributed by atoms with Gasteiger partial charge in [-0.25, -0.2) is 27.6 Å². The van der Waals surface area contributed by atoms with Crippen LogP contribution in [0.3, 0.4) is 0 Å². The van der Waals surface area contributed by atoms with Crippen LogP contribution in [0.4, 0.5) is 8.78 Å². The van der Waals surface area contributed by atoms with Gasteiger partial charge >= 0.3 is 55.4 Å². The standard InChI is InChI=1S/C22H22ClFN2O2.C14H16N2O3.C12H13BrN2O.C8H6ClFO2.C2H5I.CHI3.2HI.V/c1-2-17(18-8-7-16(24)12-19(18)23)22(27)14-6-9-20-15(11-14)13-25-26(20)21-5-3-4-10-28-21;1-18-14(17)10-5-6-12-11(8-10)9-15-16(12)13-4-2-3-7-19-13;13-10-4-5-11-9(7-10)8-14-15(11)12-3-1-2-6-16-12;9-7-4-6(10)2-1-5(7)3-8(11)12;1-2-3;2-1(3)4;;;/h6-9,11-13,17,21H,2-5,10H2,1H3;5-6,8-9,13H,2-4,7H2,1H3;4-5,7-8,12H,1-3,6H2;1-4,11-12H;2H2,1H3;1H;2*1H;/q;;;;;;;;+2/p-3. The van der Waals surface area contributed by atoms with E-state index >= 15 is 0 Å². The molecule has 0 spiro atoms. The van der Waals surface area contributed by atoms with E-state index in [1.807, 2.05) is 57.5 Å². The average molecular weight is 1980 g/mol. The smallest absolute Gasteiger partial charge is 0.124 e. The minimum atomic E-state index is -1.11. The zero-order valence-electron chi connectivity index (χ0n) is 46.3. The number of methoxy groups -OCH3 is 1. The second-order valence-electron chi connectivity index (χ2n) is 18.7. The molecule has 3 saturated heterocycles. The van der Waals surface area contributed by atoms with Crippen molar-refractivity contribution in [3.63, 3.8) is 0 Å². The van der Waals surface area contributed by atoms with E-state index in [0.29, 0.717) is 38.1 Å². The van der Waals surface area contributed by atoms with Gasteiger partial charge in [0.1, 0.15) is 11.6 Å². The molecule has 459 valence electrons. The van der Waals surface area contributed by atoms with E-state index in [9.17, 15) is 23.5 Å². The Morgan fingerprint density at radius 2 is 1.12 bits per heavy atom. The number of Topliss-reactive ketones (excluding diaryl/α,β-unsaturated/α-hetero) is 1. The van der Waals surface area contributed by atoms with E-state index in [4.69, 9.17) is 47.3 Å². The molecule has 14 nitrogen and oxygen atoms in total. The minimum Gasteiger partial charge on any atom is -0.629 e. The Bertz CT molecular complexity index is 3400. The second kappa shape index (κ2) is 39.9. The number of fused-ring (bicyclic) bond motifs is 3. The third-order valence-electron chi connectivity index (χ3n) is 13.0. The molecule has 3 fully saturated rings. The van der Waals surface area contributed by atoms with Crippen molar-refractivity contribution in [3.05, 3.63) is 164 Å². The molecule has 0 aliphatic carbocycles. The number of esters is 1. The molecule has 6 heterocycles. The zero-order valence-corrected chi connectivity index (χ0v) is 63.8. The number of hydrogen-bond acceptors (Lipinski definition) is 11. The molecule has 0 saturated carbocycles. The molecule has 4 unspecified atom stereocenters. The number of hydrogen-bond donors (Lipinski definition) is 1. The third-order valence-corrected chi connectivity index (χ3v) is 14.2. The summed E-state index contributed by atoms with van der Waals surface area (Å²) in [5, 5.41) is 35.2. The maximum Gasteiger partial charge on any atom is 0.124 e.